The topological polar surface area (TPSA) is 22.0 Å². The molecule has 0 aliphatic carbocycles. The molecule has 0 spiro atoms. The Kier molecular flexibility index (Phi) is 3.78. The van der Waals surface area contributed by atoms with Crippen LogP contribution in [0.5, 0.6) is 0 Å². The van der Waals surface area contributed by atoms with Crippen molar-refractivity contribution in [3.63, 3.8) is 0 Å². The quantitative estimate of drug-likeness (QED) is 0.681. The number of hydrogen-bond acceptors (Lipinski definition) is 1. The Bertz CT molecular complexity index is 883. The molecule has 0 amide bonds. The molecule has 0 saturated heterocycles. The molecule has 1 aromatic heterocycles. The minimum absolute atomic E-state index is 0.224. The molecule has 3 aromatic rings. The zero-order chi connectivity index (χ0) is 16.4. The Morgan fingerprint density at radius 2 is 1.61 bits per heavy atom. The Morgan fingerprint density at radius 1 is 0.870 bits per heavy atom. The van der Waals surface area contributed by atoms with Crippen LogP contribution >= 0.6 is 0 Å². The van der Waals surface area contributed by atoms with Crippen molar-refractivity contribution in [2.24, 2.45) is 0 Å². The van der Waals surface area contributed by atoms with Crippen LogP contribution in [0.3, 0.4) is 0 Å². The minimum Gasteiger partial charge on any atom is -0.323 e. The minimum atomic E-state index is -4.44. The fourth-order valence-electron chi connectivity index (χ4n) is 2.32. The molecule has 0 aliphatic rings. The smallest absolute Gasteiger partial charge is 0.323 e. The maximum atomic E-state index is 12.8. The van der Waals surface area contributed by atoms with Crippen molar-refractivity contribution in [3.05, 3.63) is 88.8 Å². The first-order valence-corrected chi connectivity index (χ1v) is 6.90. The molecule has 5 heteroatoms. The van der Waals surface area contributed by atoms with Crippen LogP contribution in [0, 0.1) is 0 Å². The van der Waals surface area contributed by atoms with Crippen molar-refractivity contribution in [2.75, 3.05) is 0 Å². The summed E-state index contributed by atoms with van der Waals surface area (Å²) in [5.41, 5.74) is 0.194. The number of alkyl halides is 3. The van der Waals surface area contributed by atoms with Crippen molar-refractivity contribution in [1.82, 2.24) is 4.57 Å². The second-order valence-electron chi connectivity index (χ2n) is 5.04. The van der Waals surface area contributed by atoms with Crippen LogP contribution in [0.25, 0.3) is 16.8 Å². The normalized spacial score (nSPS) is 11.4. The van der Waals surface area contributed by atoms with Gasteiger partial charge in [0.05, 0.1) is 5.56 Å². The van der Waals surface area contributed by atoms with Crippen LogP contribution in [0.1, 0.15) is 5.56 Å². The molecule has 0 atom stereocenters. The van der Waals surface area contributed by atoms with Gasteiger partial charge in [-0.1, -0.05) is 30.3 Å². The standard InChI is InChI=1S/C18H12F3NO/c19-18(20,21)14-6-4-5-13(11-14)16-12-22(10-9-17(16)23)15-7-2-1-3-8-15/h1-12H. The van der Waals surface area contributed by atoms with E-state index in [4.69, 9.17) is 0 Å². The summed E-state index contributed by atoms with van der Waals surface area (Å²) in [6.07, 6.45) is -1.30. The fourth-order valence-corrected chi connectivity index (χ4v) is 2.32. The van der Waals surface area contributed by atoms with Gasteiger partial charge in [-0.05, 0) is 29.8 Å². The Balaban J connectivity index is 2.12. The van der Waals surface area contributed by atoms with Gasteiger partial charge in [0.1, 0.15) is 0 Å². The summed E-state index contributed by atoms with van der Waals surface area (Å²) in [5.74, 6) is 0. The highest BCUT2D eigenvalue weighted by molar-refractivity contribution is 5.64. The van der Waals surface area contributed by atoms with Gasteiger partial charge in [0.25, 0.3) is 0 Å². The summed E-state index contributed by atoms with van der Waals surface area (Å²) in [7, 11) is 0. The summed E-state index contributed by atoms with van der Waals surface area (Å²) in [4.78, 5) is 12.1. The number of aromatic nitrogens is 1. The third-order valence-electron chi connectivity index (χ3n) is 3.48. The molecule has 2 aromatic carbocycles. The highest BCUT2D eigenvalue weighted by Gasteiger charge is 2.30. The second-order valence-corrected chi connectivity index (χ2v) is 5.04. The van der Waals surface area contributed by atoms with E-state index in [1.807, 2.05) is 30.3 Å². The van der Waals surface area contributed by atoms with Crippen LogP contribution in [-0.4, -0.2) is 4.57 Å². The Labute approximate surface area is 130 Å². The van der Waals surface area contributed by atoms with E-state index < -0.39 is 11.7 Å². The van der Waals surface area contributed by atoms with Crippen LogP contribution in [0.4, 0.5) is 13.2 Å². The van der Waals surface area contributed by atoms with E-state index in [0.717, 1.165) is 17.8 Å². The van der Waals surface area contributed by atoms with Crippen LogP contribution in [-0.2, 0) is 6.18 Å². The van der Waals surface area contributed by atoms with Gasteiger partial charge < -0.3 is 4.57 Å². The SMILES string of the molecule is O=c1ccn(-c2ccccc2)cc1-c1cccc(C(F)(F)F)c1. The first kappa shape index (κ1) is 15.1. The van der Waals surface area contributed by atoms with E-state index >= 15 is 0 Å². The summed E-state index contributed by atoms with van der Waals surface area (Å²) in [6, 6.07) is 15.4. The first-order chi connectivity index (χ1) is 10.9. The maximum absolute atomic E-state index is 12.8. The van der Waals surface area contributed by atoms with Crippen molar-refractivity contribution < 1.29 is 13.2 Å². The third-order valence-corrected chi connectivity index (χ3v) is 3.48. The molecule has 0 fully saturated rings. The van der Waals surface area contributed by atoms with Gasteiger partial charge in [-0.3, -0.25) is 4.79 Å². The average Bonchev–Trinajstić information content (AvgIpc) is 2.55. The zero-order valence-corrected chi connectivity index (χ0v) is 11.9. The molecule has 2 nitrogen and oxygen atoms in total. The number of benzene rings is 2. The number of nitrogens with zero attached hydrogens (tertiary/aromatic N) is 1. The summed E-state index contributed by atoms with van der Waals surface area (Å²) in [6.45, 7) is 0. The molecule has 3 rings (SSSR count). The second kappa shape index (κ2) is 5.76. The number of para-hydroxylation sites is 1. The van der Waals surface area contributed by atoms with E-state index in [0.29, 0.717) is 0 Å². The third kappa shape index (κ3) is 3.18. The largest absolute Gasteiger partial charge is 0.416 e. The first-order valence-electron chi connectivity index (χ1n) is 6.90. The van der Waals surface area contributed by atoms with Gasteiger partial charge in [0, 0.05) is 29.7 Å². The molecule has 0 radical (unpaired) electrons. The lowest BCUT2D eigenvalue weighted by molar-refractivity contribution is -0.137. The molecule has 0 N–H and O–H groups in total. The van der Waals surface area contributed by atoms with Crippen molar-refractivity contribution in [2.45, 2.75) is 6.18 Å². The van der Waals surface area contributed by atoms with Gasteiger partial charge in [-0.2, -0.15) is 13.2 Å². The lowest BCUT2D eigenvalue weighted by atomic mass is 10.0. The lowest BCUT2D eigenvalue weighted by Crippen LogP contribution is -2.09. The van der Waals surface area contributed by atoms with Gasteiger partial charge >= 0.3 is 6.18 Å². The summed E-state index contributed by atoms with van der Waals surface area (Å²) in [5, 5.41) is 0. The van der Waals surface area contributed by atoms with Crippen LogP contribution in [0.2, 0.25) is 0 Å². The molecular weight excluding hydrogens is 303 g/mol. The van der Waals surface area contributed by atoms with Crippen LogP contribution in [0.15, 0.2) is 77.9 Å². The van der Waals surface area contributed by atoms with E-state index in [2.05, 4.69) is 0 Å². The molecule has 0 unspecified atom stereocenters. The number of halogens is 3. The zero-order valence-electron chi connectivity index (χ0n) is 11.9. The summed E-state index contributed by atoms with van der Waals surface area (Å²) < 4.78 is 40.2. The molecule has 0 bridgehead atoms. The van der Waals surface area contributed by atoms with Crippen molar-refractivity contribution in [3.8, 4) is 16.8 Å². The van der Waals surface area contributed by atoms with E-state index in [9.17, 15) is 18.0 Å². The number of rotatable bonds is 2. The van der Waals surface area contributed by atoms with Crippen molar-refractivity contribution >= 4 is 0 Å². The van der Waals surface area contributed by atoms with Crippen LogP contribution < -0.4 is 5.43 Å². The van der Waals surface area contributed by atoms with Gasteiger partial charge in [0.2, 0.25) is 0 Å². The van der Waals surface area contributed by atoms with E-state index in [1.165, 1.54) is 18.2 Å². The Morgan fingerprint density at radius 3 is 2.30 bits per heavy atom. The van der Waals surface area contributed by atoms with E-state index in [-0.39, 0.29) is 16.6 Å². The number of hydrogen-bond donors (Lipinski definition) is 0. The highest BCUT2D eigenvalue weighted by Crippen LogP contribution is 2.31. The maximum Gasteiger partial charge on any atom is 0.416 e. The van der Waals surface area contributed by atoms with E-state index in [1.54, 1.807) is 17.0 Å². The summed E-state index contributed by atoms with van der Waals surface area (Å²) >= 11 is 0. The van der Waals surface area contributed by atoms with Gasteiger partial charge in [0.15, 0.2) is 5.43 Å². The lowest BCUT2D eigenvalue weighted by Gasteiger charge is -2.11. The highest BCUT2D eigenvalue weighted by atomic mass is 19.4. The Hall–Kier alpha value is -2.82. The fraction of sp³-hybridized carbons (Fsp3) is 0.0556. The van der Waals surface area contributed by atoms with Gasteiger partial charge in [-0.15, -0.1) is 0 Å². The predicted octanol–water partition coefficient (Wildman–Crippen LogP) is 4.52. The molecule has 0 saturated carbocycles. The monoisotopic (exact) mass is 315 g/mol. The molecular formula is C18H12F3NO. The average molecular weight is 315 g/mol. The predicted molar refractivity (Wildman–Crippen MR) is 82.5 cm³/mol. The molecule has 23 heavy (non-hydrogen) atoms. The molecule has 116 valence electrons. The molecule has 1 heterocycles. The van der Waals surface area contributed by atoms with Crippen molar-refractivity contribution in [1.29, 1.82) is 0 Å². The number of pyridine rings is 1. The molecule has 0 aliphatic heterocycles. The van der Waals surface area contributed by atoms with Gasteiger partial charge in [-0.25, -0.2) is 0 Å².